The van der Waals surface area contributed by atoms with Crippen LogP contribution in [0, 0.1) is 5.92 Å². The first-order valence-corrected chi connectivity index (χ1v) is 15.2. The molecule has 6 heteroatoms. The molecule has 6 aromatic rings. The summed E-state index contributed by atoms with van der Waals surface area (Å²) in [6, 6.07) is 45.7. The molecule has 0 aliphatic heterocycles. The number of nitrogens with zero attached hydrogens (tertiary/aromatic N) is 5. The van der Waals surface area contributed by atoms with Gasteiger partial charge in [0.2, 0.25) is 5.82 Å². The molecule has 1 heterocycles. The number of aromatic nitrogens is 4. The average Bonchev–Trinajstić information content (AvgIpc) is 3.56. The molecule has 5 aromatic carbocycles. The third-order valence-electron chi connectivity index (χ3n) is 8.10. The quantitative estimate of drug-likeness (QED) is 0.132. The normalized spacial score (nSPS) is 11.5. The molecule has 0 saturated heterocycles. The minimum Gasteiger partial charge on any atom is -0.397 e. The standard InChI is InChI=1S/C38H38N6/c1-4-43(27-28(2)3)36-25-24-29(26-35(36)39)33-22-14-15-23-34(33)37-40-42-44(41-37)38(30-16-8-5-9-17-30,31-18-10-6-11-19-31)32-20-12-7-13-21-32/h5-26,28H,4,27,39H2,1-3H3. The van der Waals surface area contributed by atoms with Crippen LogP contribution in [-0.2, 0) is 5.54 Å². The second kappa shape index (κ2) is 12.6. The van der Waals surface area contributed by atoms with E-state index < -0.39 is 5.54 Å². The Morgan fingerprint density at radius 3 is 1.73 bits per heavy atom. The molecule has 220 valence electrons. The van der Waals surface area contributed by atoms with Gasteiger partial charge in [0.05, 0.1) is 11.4 Å². The van der Waals surface area contributed by atoms with Crippen LogP contribution in [0.25, 0.3) is 22.5 Å². The molecule has 1 aromatic heterocycles. The number of nitrogen functional groups attached to an aromatic ring is 1. The summed E-state index contributed by atoms with van der Waals surface area (Å²) in [5.41, 5.74) is 13.7. The van der Waals surface area contributed by atoms with Gasteiger partial charge in [-0.1, -0.05) is 135 Å². The minimum absolute atomic E-state index is 0.540. The van der Waals surface area contributed by atoms with Crippen LogP contribution in [0.5, 0.6) is 0 Å². The topological polar surface area (TPSA) is 72.9 Å². The highest BCUT2D eigenvalue weighted by atomic mass is 15.6. The third-order valence-corrected chi connectivity index (χ3v) is 8.10. The molecule has 0 saturated carbocycles. The molecule has 0 aliphatic rings. The Hall–Kier alpha value is -5.23. The molecule has 0 unspecified atom stereocenters. The maximum Gasteiger partial charge on any atom is 0.205 e. The lowest BCUT2D eigenvalue weighted by atomic mass is 9.77. The van der Waals surface area contributed by atoms with Crippen LogP contribution in [0.15, 0.2) is 133 Å². The zero-order chi connectivity index (χ0) is 30.5. The SMILES string of the molecule is CCN(CC(C)C)c1ccc(-c2ccccc2-c2nnn(C(c3ccccc3)(c3ccccc3)c3ccccc3)n2)cc1N. The van der Waals surface area contributed by atoms with Crippen molar-refractivity contribution in [2.45, 2.75) is 26.3 Å². The summed E-state index contributed by atoms with van der Waals surface area (Å²) >= 11 is 0. The molecule has 6 rings (SSSR count). The molecule has 0 bridgehead atoms. The summed E-state index contributed by atoms with van der Waals surface area (Å²) in [6.07, 6.45) is 0. The molecule has 0 fully saturated rings. The van der Waals surface area contributed by atoms with Gasteiger partial charge in [0.25, 0.3) is 0 Å². The highest BCUT2D eigenvalue weighted by Crippen LogP contribution is 2.41. The molecular weight excluding hydrogens is 540 g/mol. The maximum atomic E-state index is 6.66. The van der Waals surface area contributed by atoms with Crippen molar-refractivity contribution in [2.24, 2.45) is 5.92 Å². The summed E-state index contributed by atoms with van der Waals surface area (Å²) in [7, 11) is 0. The smallest absolute Gasteiger partial charge is 0.205 e. The van der Waals surface area contributed by atoms with E-state index >= 15 is 0 Å². The van der Waals surface area contributed by atoms with Crippen molar-refractivity contribution in [2.75, 3.05) is 23.7 Å². The van der Waals surface area contributed by atoms with Gasteiger partial charge in [-0.25, -0.2) is 0 Å². The number of benzene rings is 5. The number of hydrogen-bond donors (Lipinski definition) is 1. The van der Waals surface area contributed by atoms with Gasteiger partial charge in [-0.2, -0.15) is 0 Å². The number of rotatable bonds is 10. The van der Waals surface area contributed by atoms with E-state index in [0.29, 0.717) is 11.7 Å². The second-order valence-corrected chi connectivity index (χ2v) is 11.5. The van der Waals surface area contributed by atoms with Gasteiger partial charge < -0.3 is 10.6 Å². The van der Waals surface area contributed by atoms with Crippen LogP contribution in [-0.4, -0.2) is 33.3 Å². The first-order valence-electron chi connectivity index (χ1n) is 15.2. The van der Waals surface area contributed by atoms with Crippen molar-refractivity contribution in [1.29, 1.82) is 0 Å². The minimum atomic E-state index is -0.837. The second-order valence-electron chi connectivity index (χ2n) is 11.5. The van der Waals surface area contributed by atoms with Crippen LogP contribution in [0.2, 0.25) is 0 Å². The Morgan fingerprint density at radius 2 is 1.23 bits per heavy atom. The van der Waals surface area contributed by atoms with E-state index in [0.717, 1.165) is 57.8 Å². The van der Waals surface area contributed by atoms with Crippen LogP contribution < -0.4 is 10.6 Å². The Bertz CT molecular complexity index is 1720. The zero-order valence-electron chi connectivity index (χ0n) is 25.5. The van der Waals surface area contributed by atoms with E-state index in [9.17, 15) is 0 Å². The fourth-order valence-corrected chi connectivity index (χ4v) is 6.13. The molecular formula is C38H38N6. The summed E-state index contributed by atoms with van der Waals surface area (Å²) in [6.45, 7) is 8.48. The van der Waals surface area contributed by atoms with Crippen LogP contribution in [0.4, 0.5) is 11.4 Å². The van der Waals surface area contributed by atoms with E-state index in [2.05, 4.69) is 123 Å². The molecule has 0 spiro atoms. The predicted octanol–water partition coefficient (Wildman–Crippen LogP) is 7.91. The van der Waals surface area contributed by atoms with Gasteiger partial charge >= 0.3 is 0 Å². The summed E-state index contributed by atoms with van der Waals surface area (Å²) in [4.78, 5) is 4.10. The van der Waals surface area contributed by atoms with E-state index in [1.807, 2.05) is 36.4 Å². The van der Waals surface area contributed by atoms with Crippen molar-refractivity contribution >= 4 is 11.4 Å². The Kier molecular flexibility index (Phi) is 8.24. The van der Waals surface area contributed by atoms with Gasteiger partial charge in [-0.3, -0.25) is 0 Å². The maximum absolute atomic E-state index is 6.66. The van der Waals surface area contributed by atoms with Crippen LogP contribution in [0.3, 0.4) is 0 Å². The van der Waals surface area contributed by atoms with Crippen molar-refractivity contribution in [3.63, 3.8) is 0 Å². The highest BCUT2D eigenvalue weighted by Gasteiger charge is 2.41. The van der Waals surface area contributed by atoms with Crippen LogP contribution >= 0.6 is 0 Å². The van der Waals surface area contributed by atoms with Crippen molar-refractivity contribution < 1.29 is 0 Å². The predicted molar refractivity (Wildman–Crippen MR) is 180 cm³/mol. The average molecular weight is 579 g/mol. The lowest BCUT2D eigenvalue weighted by Gasteiger charge is -2.34. The van der Waals surface area contributed by atoms with E-state index in [1.165, 1.54) is 0 Å². The van der Waals surface area contributed by atoms with Crippen LogP contribution in [0.1, 0.15) is 37.5 Å². The Morgan fingerprint density at radius 1 is 0.705 bits per heavy atom. The molecule has 6 nitrogen and oxygen atoms in total. The van der Waals surface area contributed by atoms with Gasteiger partial charge in [-0.05, 0) is 58.0 Å². The number of nitrogens with two attached hydrogens (primary N) is 1. The fraction of sp³-hybridized carbons (Fsp3) is 0.184. The first-order chi connectivity index (χ1) is 21.5. The molecule has 0 aliphatic carbocycles. The molecule has 2 N–H and O–H groups in total. The van der Waals surface area contributed by atoms with Crippen molar-refractivity contribution in [3.8, 4) is 22.5 Å². The van der Waals surface area contributed by atoms with Crippen molar-refractivity contribution in [3.05, 3.63) is 150 Å². The number of tetrazole rings is 1. The highest BCUT2D eigenvalue weighted by molar-refractivity contribution is 5.84. The number of hydrogen-bond acceptors (Lipinski definition) is 5. The van der Waals surface area contributed by atoms with Gasteiger partial charge in [0.1, 0.15) is 0 Å². The van der Waals surface area contributed by atoms with Gasteiger partial charge in [-0.15, -0.1) is 15.0 Å². The lowest BCUT2D eigenvalue weighted by Crippen LogP contribution is -2.39. The largest absolute Gasteiger partial charge is 0.397 e. The molecule has 0 radical (unpaired) electrons. The Labute approximate surface area is 259 Å². The van der Waals surface area contributed by atoms with E-state index in [-0.39, 0.29) is 0 Å². The fourth-order valence-electron chi connectivity index (χ4n) is 6.13. The zero-order valence-corrected chi connectivity index (χ0v) is 25.5. The summed E-state index contributed by atoms with van der Waals surface area (Å²) in [5.74, 6) is 1.09. The first kappa shape index (κ1) is 28.9. The molecule has 44 heavy (non-hydrogen) atoms. The monoisotopic (exact) mass is 578 g/mol. The van der Waals surface area contributed by atoms with Gasteiger partial charge in [0.15, 0.2) is 5.54 Å². The van der Waals surface area contributed by atoms with Gasteiger partial charge in [0, 0.05) is 18.7 Å². The third kappa shape index (κ3) is 5.35. The Balaban J connectivity index is 1.49. The molecule has 0 amide bonds. The van der Waals surface area contributed by atoms with E-state index in [4.69, 9.17) is 21.1 Å². The summed E-state index contributed by atoms with van der Waals surface area (Å²) in [5, 5.41) is 14.6. The van der Waals surface area contributed by atoms with Crippen molar-refractivity contribution in [1.82, 2.24) is 20.2 Å². The molecule has 0 atom stereocenters. The summed E-state index contributed by atoms with van der Waals surface area (Å²) < 4.78 is 0. The number of anilines is 2. The van der Waals surface area contributed by atoms with E-state index in [1.54, 1.807) is 4.80 Å². The lowest BCUT2D eigenvalue weighted by molar-refractivity contribution is 0.396.